The highest BCUT2D eigenvalue weighted by molar-refractivity contribution is 7.98. The number of nitrogens with one attached hydrogen (secondary N) is 1. The molecule has 0 aromatic heterocycles. The number of esters is 1. The maximum atomic E-state index is 12.1. The first-order chi connectivity index (χ1) is 12.2. The molecule has 0 fully saturated rings. The Kier molecular flexibility index (Phi) is 6.65. The van der Waals surface area contributed by atoms with Crippen LogP contribution in [0, 0.1) is 0 Å². The number of primary sulfonamides is 1. The van der Waals surface area contributed by atoms with E-state index in [9.17, 15) is 18.0 Å². The van der Waals surface area contributed by atoms with Crippen molar-refractivity contribution >= 4 is 50.9 Å². The van der Waals surface area contributed by atoms with Gasteiger partial charge >= 0.3 is 5.97 Å². The number of ether oxygens (including phenoxy) is 1. The summed E-state index contributed by atoms with van der Waals surface area (Å²) in [6.07, 6.45) is 1.85. The standard InChI is InChI=1S/C16H15ClN2O5S2/c1-25-11-5-6-14(17)13(8-11)16(21)24-9-15(20)19-10-3-2-4-12(7-10)26(18,22)23/h2-8H,9H2,1H3,(H,19,20)(H2,18,22,23). The van der Waals surface area contributed by atoms with Gasteiger partial charge in [-0.2, -0.15) is 0 Å². The summed E-state index contributed by atoms with van der Waals surface area (Å²) in [5.41, 5.74) is 0.363. The lowest BCUT2D eigenvalue weighted by Gasteiger charge is -2.09. The lowest BCUT2D eigenvalue weighted by molar-refractivity contribution is -0.119. The summed E-state index contributed by atoms with van der Waals surface area (Å²) >= 11 is 7.41. The van der Waals surface area contributed by atoms with E-state index < -0.39 is 28.5 Å². The fraction of sp³-hybridized carbons (Fsp3) is 0.125. The van der Waals surface area contributed by atoms with Gasteiger partial charge in [0.05, 0.1) is 15.5 Å². The van der Waals surface area contributed by atoms with Gasteiger partial charge in [0, 0.05) is 10.6 Å². The van der Waals surface area contributed by atoms with Gasteiger partial charge in [0.15, 0.2) is 6.61 Å². The quantitative estimate of drug-likeness (QED) is 0.554. The van der Waals surface area contributed by atoms with Gasteiger partial charge < -0.3 is 10.1 Å². The lowest BCUT2D eigenvalue weighted by Crippen LogP contribution is -2.21. The largest absolute Gasteiger partial charge is 0.452 e. The van der Waals surface area contributed by atoms with Crippen LogP contribution in [0.15, 0.2) is 52.3 Å². The van der Waals surface area contributed by atoms with Gasteiger partial charge in [0.25, 0.3) is 5.91 Å². The van der Waals surface area contributed by atoms with Crippen LogP contribution in [-0.4, -0.2) is 33.2 Å². The van der Waals surface area contributed by atoms with E-state index in [1.807, 2.05) is 6.26 Å². The fourth-order valence-corrected chi connectivity index (χ4v) is 3.14. The van der Waals surface area contributed by atoms with Crippen LogP contribution in [0.4, 0.5) is 5.69 Å². The van der Waals surface area contributed by atoms with E-state index >= 15 is 0 Å². The van der Waals surface area contributed by atoms with Crippen molar-refractivity contribution in [3.63, 3.8) is 0 Å². The highest BCUT2D eigenvalue weighted by Gasteiger charge is 2.15. The molecule has 0 radical (unpaired) electrons. The third-order valence-corrected chi connectivity index (χ3v) is 5.14. The molecule has 0 spiro atoms. The minimum atomic E-state index is -3.89. The average molecular weight is 415 g/mol. The van der Waals surface area contributed by atoms with Gasteiger partial charge in [-0.15, -0.1) is 11.8 Å². The van der Waals surface area contributed by atoms with Gasteiger partial charge in [0.2, 0.25) is 10.0 Å². The summed E-state index contributed by atoms with van der Waals surface area (Å²) in [6.45, 7) is -0.557. The molecule has 2 rings (SSSR count). The van der Waals surface area contributed by atoms with Crippen molar-refractivity contribution in [2.24, 2.45) is 5.14 Å². The molecule has 0 bridgehead atoms. The summed E-state index contributed by atoms with van der Waals surface area (Å²) in [7, 11) is -3.89. The number of benzene rings is 2. The summed E-state index contributed by atoms with van der Waals surface area (Å²) in [5.74, 6) is -1.37. The number of nitrogens with two attached hydrogens (primary N) is 1. The van der Waals surface area contributed by atoms with E-state index in [1.165, 1.54) is 36.0 Å². The Bertz CT molecular complexity index is 947. The molecule has 0 aliphatic rings. The SMILES string of the molecule is CSc1ccc(Cl)c(C(=O)OCC(=O)Nc2cccc(S(N)(=O)=O)c2)c1. The second kappa shape index (κ2) is 8.54. The Morgan fingerprint density at radius 2 is 1.96 bits per heavy atom. The smallest absolute Gasteiger partial charge is 0.340 e. The van der Waals surface area contributed by atoms with E-state index in [1.54, 1.807) is 18.2 Å². The minimum Gasteiger partial charge on any atom is -0.452 e. The Labute approximate surface area is 159 Å². The normalized spacial score (nSPS) is 11.0. The van der Waals surface area contributed by atoms with Crippen molar-refractivity contribution < 1.29 is 22.7 Å². The molecule has 26 heavy (non-hydrogen) atoms. The molecule has 0 aliphatic heterocycles. The molecule has 0 saturated heterocycles. The second-order valence-corrected chi connectivity index (χ2v) is 7.89. The minimum absolute atomic E-state index is 0.145. The summed E-state index contributed by atoms with van der Waals surface area (Å²) in [4.78, 5) is 24.7. The zero-order valence-corrected chi connectivity index (χ0v) is 16.0. The van der Waals surface area contributed by atoms with Gasteiger partial charge in [-0.3, -0.25) is 4.79 Å². The van der Waals surface area contributed by atoms with E-state index in [-0.39, 0.29) is 21.2 Å². The monoisotopic (exact) mass is 414 g/mol. The first kappa shape index (κ1) is 20.2. The molecule has 2 aromatic carbocycles. The Hall–Kier alpha value is -2.07. The van der Waals surface area contributed by atoms with Crippen LogP contribution in [0.2, 0.25) is 5.02 Å². The number of carbonyl (C=O) groups excluding carboxylic acids is 2. The number of halogens is 1. The number of thioether (sulfide) groups is 1. The van der Waals surface area contributed by atoms with Crippen molar-refractivity contribution in [2.75, 3.05) is 18.2 Å². The average Bonchev–Trinajstić information content (AvgIpc) is 2.59. The van der Waals surface area contributed by atoms with Crippen LogP contribution in [0.1, 0.15) is 10.4 Å². The number of hydrogen-bond acceptors (Lipinski definition) is 6. The van der Waals surface area contributed by atoms with Crippen LogP contribution in [0.5, 0.6) is 0 Å². The van der Waals surface area contributed by atoms with E-state index in [0.717, 1.165) is 4.90 Å². The summed E-state index contributed by atoms with van der Waals surface area (Å²) in [6, 6.07) is 10.3. The molecule has 1 amide bonds. The molecule has 3 N–H and O–H groups in total. The Morgan fingerprint density at radius 1 is 1.23 bits per heavy atom. The number of sulfonamides is 1. The molecule has 2 aromatic rings. The third-order valence-electron chi connectivity index (χ3n) is 3.17. The molecular formula is C16H15ClN2O5S2. The highest BCUT2D eigenvalue weighted by Crippen LogP contribution is 2.23. The van der Waals surface area contributed by atoms with Gasteiger partial charge in [-0.1, -0.05) is 17.7 Å². The van der Waals surface area contributed by atoms with Crippen molar-refractivity contribution in [1.29, 1.82) is 0 Å². The zero-order chi connectivity index (χ0) is 19.3. The number of rotatable bonds is 6. The molecule has 0 aliphatic carbocycles. The first-order valence-electron chi connectivity index (χ1n) is 7.14. The van der Waals surface area contributed by atoms with E-state index in [0.29, 0.717) is 0 Å². The predicted octanol–water partition coefficient (Wildman–Crippen LogP) is 2.50. The molecule has 0 atom stereocenters. The molecule has 10 heteroatoms. The van der Waals surface area contributed by atoms with Crippen LogP contribution < -0.4 is 10.5 Å². The maximum Gasteiger partial charge on any atom is 0.340 e. The van der Waals surface area contributed by atoms with E-state index in [2.05, 4.69) is 5.32 Å². The molecule has 0 saturated carbocycles. The van der Waals surface area contributed by atoms with Crippen molar-refractivity contribution in [3.8, 4) is 0 Å². The van der Waals surface area contributed by atoms with Crippen molar-refractivity contribution in [1.82, 2.24) is 0 Å². The molecule has 0 heterocycles. The fourth-order valence-electron chi connectivity index (χ4n) is 1.94. The van der Waals surface area contributed by atoms with Crippen LogP contribution in [-0.2, 0) is 19.6 Å². The van der Waals surface area contributed by atoms with Crippen molar-refractivity contribution in [3.05, 3.63) is 53.1 Å². The second-order valence-electron chi connectivity index (χ2n) is 5.04. The topological polar surface area (TPSA) is 116 Å². The molecular weight excluding hydrogens is 400 g/mol. The molecule has 7 nitrogen and oxygen atoms in total. The van der Waals surface area contributed by atoms with Gasteiger partial charge in [-0.05, 0) is 42.7 Å². The summed E-state index contributed by atoms with van der Waals surface area (Å²) < 4.78 is 27.6. The first-order valence-corrected chi connectivity index (χ1v) is 10.3. The van der Waals surface area contributed by atoms with E-state index in [4.69, 9.17) is 21.5 Å². The van der Waals surface area contributed by atoms with Crippen LogP contribution in [0.3, 0.4) is 0 Å². The number of amides is 1. The zero-order valence-electron chi connectivity index (χ0n) is 13.6. The Balaban J connectivity index is 2.00. The maximum absolute atomic E-state index is 12.1. The predicted molar refractivity (Wildman–Crippen MR) is 100.0 cm³/mol. The van der Waals surface area contributed by atoms with Gasteiger partial charge in [0.1, 0.15) is 0 Å². The molecule has 0 unspecified atom stereocenters. The lowest BCUT2D eigenvalue weighted by atomic mass is 10.2. The van der Waals surface area contributed by atoms with Crippen LogP contribution in [0.25, 0.3) is 0 Å². The number of hydrogen-bond donors (Lipinski definition) is 2. The number of anilines is 1. The number of carbonyl (C=O) groups is 2. The van der Waals surface area contributed by atoms with Crippen LogP contribution >= 0.6 is 23.4 Å². The highest BCUT2D eigenvalue weighted by atomic mass is 35.5. The third kappa shape index (κ3) is 5.46. The molecule has 138 valence electrons. The van der Waals surface area contributed by atoms with Gasteiger partial charge in [-0.25, -0.2) is 18.4 Å². The van der Waals surface area contributed by atoms with Crippen molar-refractivity contribution in [2.45, 2.75) is 9.79 Å². The Morgan fingerprint density at radius 3 is 2.62 bits per heavy atom. The summed E-state index contributed by atoms with van der Waals surface area (Å²) in [5, 5.41) is 7.67.